The number of hydrogen-bond donors (Lipinski definition) is 2. The fraction of sp³-hybridized carbons (Fsp3) is 0.846. The van der Waals surface area contributed by atoms with E-state index < -0.39 is 0 Å². The van der Waals surface area contributed by atoms with Gasteiger partial charge in [-0.3, -0.25) is 14.5 Å². The van der Waals surface area contributed by atoms with E-state index in [9.17, 15) is 9.59 Å². The smallest absolute Gasteiger partial charge is 0.239 e. The number of amides is 2. The lowest BCUT2D eigenvalue weighted by Gasteiger charge is -2.29. The van der Waals surface area contributed by atoms with Gasteiger partial charge in [0.25, 0.3) is 0 Å². The molecule has 6 heteroatoms. The summed E-state index contributed by atoms with van der Waals surface area (Å²) in [5.41, 5.74) is 5.21. The molecule has 2 heterocycles. The summed E-state index contributed by atoms with van der Waals surface area (Å²) in [5.74, 6) is -0.0747. The van der Waals surface area contributed by atoms with Gasteiger partial charge in [0.05, 0.1) is 12.6 Å². The highest BCUT2D eigenvalue weighted by atomic mass is 16.2. The minimum atomic E-state index is -0.297. The third-order valence-electron chi connectivity index (χ3n) is 3.89. The molecule has 2 saturated heterocycles. The molecule has 2 fully saturated rings. The van der Waals surface area contributed by atoms with Crippen molar-refractivity contribution in [3.8, 4) is 0 Å². The molecule has 19 heavy (non-hydrogen) atoms. The molecule has 0 spiro atoms. The molecule has 3 N–H and O–H groups in total. The fourth-order valence-electron chi connectivity index (χ4n) is 2.85. The summed E-state index contributed by atoms with van der Waals surface area (Å²) in [5, 5.41) is 3.30. The highest BCUT2D eigenvalue weighted by Gasteiger charge is 2.27. The number of nitrogens with two attached hydrogens (primary N) is 1. The molecule has 2 rings (SSSR count). The monoisotopic (exact) mass is 268 g/mol. The largest absolute Gasteiger partial charge is 0.369 e. The molecule has 6 nitrogen and oxygen atoms in total. The summed E-state index contributed by atoms with van der Waals surface area (Å²) in [6, 6.07) is -0.00330. The van der Waals surface area contributed by atoms with Crippen molar-refractivity contribution in [3.05, 3.63) is 0 Å². The summed E-state index contributed by atoms with van der Waals surface area (Å²) in [7, 11) is 0. The number of carbonyl (C=O) groups is 2. The molecule has 0 aromatic heterocycles. The number of carbonyl (C=O) groups excluding carboxylic acids is 2. The SMILES string of the molecule is NC(=O)CN1CCCN(C(=O)[C@H]2CCCCN2)CC1. The van der Waals surface area contributed by atoms with Crippen LogP contribution in [0.25, 0.3) is 0 Å². The number of piperidine rings is 1. The third-order valence-corrected chi connectivity index (χ3v) is 3.89. The molecular weight excluding hydrogens is 244 g/mol. The number of nitrogens with zero attached hydrogens (tertiary/aromatic N) is 2. The first kappa shape index (κ1) is 14.3. The van der Waals surface area contributed by atoms with Gasteiger partial charge in [-0.25, -0.2) is 0 Å². The normalized spacial score (nSPS) is 25.9. The Bertz CT molecular complexity index is 329. The molecule has 0 bridgehead atoms. The molecule has 2 aliphatic heterocycles. The standard InChI is InChI=1S/C13H24N4O2/c14-12(18)10-16-6-3-7-17(9-8-16)13(19)11-4-1-2-5-15-11/h11,15H,1-10H2,(H2,14,18)/t11-/m1/s1. The van der Waals surface area contributed by atoms with E-state index >= 15 is 0 Å². The van der Waals surface area contributed by atoms with Gasteiger partial charge in [-0.2, -0.15) is 0 Å². The van der Waals surface area contributed by atoms with E-state index in [1.807, 2.05) is 9.80 Å². The van der Waals surface area contributed by atoms with Crippen LogP contribution in [0, 0.1) is 0 Å². The second-order valence-corrected chi connectivity index (χ2v) is 5.42. The Hall–Kier alpha value is -1.14. The lowest BCUT2D eigenvalue weighted by Crippen LogP contribution is -2.49. The molecule has 1 atom stereocenters. The minimum Gasteiger partial charge on any atom is -0.369 e. The van der Waals surface area contributed by atoms with Crippen LogP contribution in [-0.2, 0) is 9.59 Å². The quantitative estimate of drug-likeness (QED) is 0.699. The molecule has 0 saturated carbocycles. The predicted octanol–water partition coefficient (Wildman–Crippen LogP) is -0.852. The van der Waals surface area contributed by atoms with Crippen molar-refractivity contribution in [2.45, 2.75) is 31.7 Å². The average molecular weight is 268 g/mol. The van der Waals surface area contributed by atoms with Crippen LogP contribution in [-0.4, -0.2) is 66.9 Å². The van der Waals surface area contributed by atoms with Crippen molar-refractivity contribution in [2.75, 3.05) is 39.3 Å². The second-order valence-electron chi connectivity index (χ2n) is 5.42. The zero-order valence-electron chi connectivity index (χ0n) is 11.4. The number of rotatable bonds is 3. The topological polar surface area (TPSA) is 78.7 Å². The molecular formula is C13H24N4O2. The van der Waals surface area contributed by atoms with Crippen LogP contribution in [0.3, 0.4) is 0 Å². The van der Waals surface area contributed by atoms with Crippen molar-refractivity contribution < 1.29 is 9.59 Å². The van der Waals surface area contributed by atoms with Crippen molar-refractivity contribution >= 4 is 11.8 Å². The maximum atomic E-state index is 12.4. The summed E-state index contributed by atoms with van der Waals surface area (Å²) in [6.45, 7) is 4.30. The molecule has 0 unspecified atom stereocenters. The Balaban J connectivity index is 1.84. The third kappa shape index (κ3) is 4.18. The van der Waals surface area contributed by atoms with Crippen molar-refractivity contribution in [1.82, 2.24) is 15.1 Å². The van der Waals surface area contributed by atoms with Gasteiger partial charge in [0.1, 0.15) is 0 Å². The molecule has 2 amide bonds. The average Bonchev–Trinajstić information content (AvgIpc) is 2.64. The van der Waals surface area contributed by atoms with E-state index in [0.717, 1.165) is 51.9 Å². The van der Waals surface area contributed by atoms with Crippen LogP contribution in [0.4, 0.5) is 0 Å². The summed E-state index contributed by atoms with van der Waals surface area (Å²) in [6.07, 6.45) is 4.15. The molecule has 0 aromatic rings. The molecule has 0 radical (unpaired) electrons. The highest BCUT2D eigenvalue weighted by molar-refractivity contribution is 5.82. The number of primary amides is 1. The maximum Gasteiger partial charge on any atom is 0.239 e. The van der Waals surface area contributed by atoms with Gasteiger partial charge in [-0.05, 0) is 25.8 Å². The van der Waals surface area contributed by atoms with Crippen LogP contribution >= 0.6 is 0 Å². The maximum absolute atomic E-state index is 12.4. The minimum absolute atomic E-state index is 0.00330. The molecule has 0 aliphatic carbocycles. The van der Waals surface area contributed by atoms with Crippen molar-refractivity contribution in [2.24, 2.45) is 5.73 Å². The van der Waals surface area contributed by atoms with Gasteiger partial charge >= 0.3 is 0 Å². The fourth-order valence-corrected chi connectivity index (χ4v) is 2.85. The first-order chi connectivity index (χ1) is 9.16. The van der Waals surface area contributed by atoms with E-state index in [2.05, 4.69) is 5.32 Å². The second kappa shape index (κ2) is 6.86. The Labute approximate surface area is 114 Å². The van der Waals surface area contributed by atoms with Crippen molar-refractivity contribution in [3.63, 3.8) is 0 Å². The van der Waals surface area contributed by atoms with Gasteiger partial charge in [0.15, 0.2) is 0 Å². The zero-order chi connectivity index (χ0) is 13.7. The Morgan fingerprint density at radius 3 is 2.63 bits per heavy atom. The van der Waals surface area contributed by atoms with Gasteiger partial charge in [0.2, 0.25) is 11.8 Å². The lowest BCUT2D eigenvalue weighted by atomic mass is 10.0. The molecule has 0 aromatic carbocycles. The zero-order valence-corrected chi connectivity index (χ0v) is 11.4. The summed E-state index contributed by atoms with van der Waals surface area (Å²) < 4.78 is 0. The van der Waals surface area contributed by atoms with E-state index in [4.69, 9.17) is 5.73 Å². The van der Waals surface area contributed by atoms with Crippen LogP contribution in [0.5, 0.6) is 0 Å². The molecule has 108 valence electrons. The van der Waals surface area contributed by atoms with Crippen LogP contribution < -0.4 is 11.1 Å². The summed E-state index contributed by atoms with van der Waals surface area (Å²) in [4.78, 5) is 27.3. The van der Waals surface area contributed by atoms with E-state index in [1.165, 1.54) is 0 Å². The van der Waals surface area contributed by atoms with E-state index in [0.29, 0.717) is 13.1 Å². The Morgan fingerprint density at radius 2 is 1.95 bits per heavy atom. The molecule has 2 aliphatic rings. The highest BCUT2D eigenvalue weighted by Crippen LogP contribution is 2.12. The predicted molar refractivity (Wildman–Crippen MR) is 72.5 cm³/mol. The van der Waals surface area contributed by atoms with Gasteiger partial charge < -0.3 is 16.0 Å². The first-order valence-electron chi connectivity index (χ1n) is 7.19. The first-order valence-corrected chi connectivity index (χ1v) is 7.19. The number of hydrogen-bond acceptors (Lipinski definition) is 4. The van der Waals surface area contributed by atoms with Crippen molar-refractivity contribution in [1.29, 1.82) is 0 Å². The van der Waals surface area contributed by atoms with Gasteiger partial charge in [-0.1, -0.05) is 6.42 Å². The van der Waals surface area contributed by atoms with Crippen LogP contribution in [0.2, 0.25) is 0 Å². The summed E-state index contributed by atoms with van der Waals surface area (Å²) >= 11 is 0. The lowest BCUT2D eigenvalue weighted by molar-refractivity contribution is -0.133. The van der Waals surface area contributed by atoms with E-state index in [1.54, 1.807) is 0 Å². The Morgan fingerprint density at radius 1 is 1.11 bits per heavy atom. The van der Waals surface area contributed by atoms with Gasteiger partial charge in [0, 0.05) is 26.2 Å². The van der Waals surface area contributed by atoms with Gasteiger partial charge in [-0.15, -0.1) is 0 Å². The number of nitrogens with one attached hydrogen (secondary N) is 1. The van der Waals surface area contributed by atoms with Crippen LogP contribution in [0.1, 0.15) is 25.7 Å². The Kier molecular flexibility index (Phi) is 5.15. The van der Waals surface area contributed by atoms with Crippen LogP contribution in [0.15, 0.2) is 0 Å². The van der Waals surface area contributed by atoms with E-state index in [-0.39, 0.29) is 17.9 Å².